The molecule has 3 nitrogen and oxygen atoms in total. The van der Waals surface area contributed by atoms with Crippen LogP contribution >= 0.6 is 0 Å². The first kappa shape index (κ1) is 14.8. The van der Waals surface area contributed by atoms with Gasteiger partial charge in [0, 0.05) is 24.7 Å². The summed E-state index contributed by atoms with van der Waals surface area (Å²) in [6.07, 6.45) is 11.4. The summed E-state index contributed by atoms with van der Waals surface area (Å²) in [6.45, 7) is 4.36. The molecule has 20 heavy (non-hydrogen) atoms. The van der Waals surface area contributed by atoms with E-state index in [4.69, 9.17) is 4.74 Å². The van der Waals surface area contributed by atoms with Crippen molar-refractivity contribution in [3.05, 3.63) is 0 Å². The predicted molar refractivity (Wildman–Crippen MR) is 83.0 cm³/mol. The van der Waals surface area contributed by atoms with Crippen LogP contribution in [0.1, 0.15) is 58.3 Å². The van der Waals surface area contributed by atoms with Crippen molar-refractivity contribution in [1.82, 2.24) is 10.2 Å². The van der Waals surface area contributed by atoms with Gasteiger partial charge in [0.2, 0.25) is 0 Å². The highest BCUT2D eigenvalue weighted by Crippen LogP contribution is 2.39. The molecule has 0 spiro atoms. The monoisotopic (exact) mass is 280 g/mol. The molecule has 3 rings (SSSR count). The second-order valence-corrected chi connectivity index (χ2v) is 7.16. The molecule has 3 heteroatoms. The van der Waals surface area contributed by atoms with Gasteiger partial charge in [-0.2, -0.15) is 0 Å². The van der Waals surface area contributed by atoms with Crippen LogP contribution in [0.25, 0.3) is 0 Å². The van der Waals surface area contributed by atoms with Crippen LogP contribution in [0, 0.1) is 5.92 Å². The lowest BCUT2D eigenvalue weighted by Crippen LogP contribution is -2.47. The van der Waals surface area contributed by atoms with Crippen LogP contribution in [0.2, 0.25) is 0 Å². The molecule has 3 heterocycles. The molecule has 0 amide bonds. The summed E-state index contributed by atoms with van der Waals surface area (Å²) in [7, 11) is 2.34. The molecule has 4 atom stereocenters. The minimum Gasteiger partial charge on any atom is -0.378 e. The van der Waals surface area contributed by atoms with Gasteiger partial charge in [-0.15, -0.1) is 0 Å². The molecule has 2 bridgehead atoms. The molecular formula is C17H32N2O. The number of hydrogen-bond acceptors (Lipinski definition) is 3. The molecule has 3 aliphatic rings. The highest BCUT2D eigenvalue weighted by atomic mass is 16.5. The van der Waals surface area contributed by atoms with Crippen LogP contribution in [-0.2, 0) is 4.74 Å². The van der Waals surface area contributed by atoms with Gasteiger partial charge in [0.05, 0.1) is 6.10 Å². The van der Waals surface area contributed by atoms with Gasteiger partial charge in [0.15, 0.2) is 0 Å². The lowest BCUT2D eigenvalue weighted by Gasteiger charge is -2.40. The zero-order valence-electron chi connectivity index (χ0n) is 13.3. The molecule has 3 fully saturated rings. The average molecular weight is 280 g/mol. The van der Waals surface area contributed by atoms with Crippen molar-refractivity contribution < 1.29 is 4.74 Å². The average Bonchev–Trinajstić information content (AvgIpc) is 3.01. The first-order valence-electron chi connectivity index (χ1n) is 8.84. The number of fused-ring (bicyclic) bond motifs is 2. The van der Waals surface area contributed by atoms with E-state index >= 15 is 0 Å². The van der Waals surface area contributed by atoms with Crippen LogP contribution in [-0.4, -0.2) is 49.3 Å². The highest BCUT2D eigenvalue weighted by molar-refractivity contribution is 4.96. The highest BCUT2D eigenvalue weighted by Gasteiger charge is 2.40. The van der Waals surface area contributed by atoms with Crippen LogP contribution in [0.3, 0.4) is 0 Å². The second kappa shape index (κ2) is 6.76. The molecule has 0 aromatic heterocycles. The summed E-state index contributed by atoms with van der Waals surface area (Å²) in [5, 5.41) is 3.79. The van der Waals surface area contributed by atoms with Gasteiger partial charge in [-0.05, 0) is 70.9 Å². The summed E-state index contributed by atoms with van der Waals surface area (Å²) in [4.78, 5) is 2.65. The molecule has 116 valence electrons. The predicted octanol–water partition coefficient (Wildman–Crippen LogP) is 2.80. The van der Waals surface area contributed by atoms with E-state index in [9.17, 15) is 0 Å². The summed E-state index contributed by atoms with van der Waals surface area (Å²) in [6, 6.07) is 2.45. The summed E-state index contributed by atoms with van der Waals surface area (Å²) in [5.41, 5.74) is 0. The fourth-order valence-corrected chi connectivity index (χ4v) is 4.79. The number of hydrogen-bond donors (Lipinski definition) is 1. The van der Waals surface area contributed by atoms with Crippen molar-refractivity contribution in [2.45, 2.75) is 82.5 Å². The third-order valence-corrected chi connectivity index (χ3v) is 5.99. The van der Waals surface area contributed by atoms with Crippen molar-refractivity contribution in [3.8, 4) is 0 Å². The van der Waals surface area contributed by atoms with Crippen LogP contribution in [0.4, 0.5) is 0 Å². The van der Waals surface area contributed by atoms with E-state index in [-0.39, 0.29) is 0 Å². The normalized spacial score (nSPS) is 39.3. The van der Waals surface area contributed by atoms with E-state index in [1.807, 2.05) is 0 Å². The Kier molecular flexibility index (Phi) is 5.00. The van der Waals surface area contributed by atoms with Crippen LogP contribution in [0.5, 0.6) is 0 Å². The number of nitrogens with zero attached hydrogens (tertiary/aromatic N) is 1. The Hall–Kier alpha value is -0.120. The molecule has 1 N–H and O–H groups in total. The lowest BCUT2D eigenvalue weighted by molar-refractivity contribution is 0.0834. The topological polar surface area (TPSA) is 24.5 Å². The summed E-state index contributed by atoms with van der Waals surface area (Å²) in [5.74, 6) is 0.894. The van der Waals surface area contributed by atoms with Crippen LogP contribution < -0.4 is 5.32 Å². The standard InChI is InChI=1S/C17H32N2O/c1-3-18-17(9-8-16-5-4-10-20-16)13-11-14-6-7-15(12-13)19(14)2/h13-18H,3-12H2,1-2H3. The van der Waals surface area contributed by atoms with E-state index < -0.39 is 0 Å². The Morgan fingerprint density at radius 3 is 2.55 bits per heavy atom. The van der Waals surface area contributed by atoms with Gasteiger partial charge in [0.1, 0.15) is 0 Å². The van der Waals surface area contributed by atoms with Gasteiger partial charge in [-0.25, -0.2) is 0 Å². The van der Waals surface area contributed by atoms with E-state index in [0.29, 0.717) is 6.10 Å². The number of piperidine rings is 1. The zero-order chi connectivity index (χ0) is 13.9. The van der Waals surface area contributed by atoms with Crippen molar-refractivity contribution in [1.29, 1.82) is 0 Å². The smallest absolute Gasteiger partial charge is 0.0576 e. The largest absolute Gasteiger partial charge is 0.378 e. The molecule has 0 saturated carbocycles. The van der Waals surface area contributed by atoms with Crippen molar-refractivity contribution in [2.24, 2.45) is 5.92 Å². The van der Waals surface area contributed by atoms with Gasteiger partial charge < -0.3 is 15.0 Å². The Morgan fingerprint density at radius 2 is 1.95 bits per heavy atom. The number of nitrogens with one attached hydrogen (secondary N) is 1. The molecule has 3 saturated heterocycles. The Morgan fingerprint density at radius 1 is 1.20 bits per heavy atom. The van der Waals surface area contributed by atoms with E-state index in [0.717, 1.165) is 37.2 Å². The summed E-state index contributed by atoms with van der Waals surface area (Å²) >= 11 is 0. The minimum atomic E-state index is 0.555. The second-order valence-electron chi connectivity index (χ2n) is 7.16. The molecule has 0 radical (unpaired) electrons. The first-order chi connectivity index (χ1) is 9.78. The number of rotatable bonds is 6. The molecule has 4 unspecified atom stereocenters. The zero-order valence-corrected chi connectivity index (χ0v) is 13.3. The van der Waals surface area contributed by atoms with E-state index in [1.165, 1.54) is 51.4 Å². The SMILES string of the molecule is CCNC(CCC1CCCO1)C1CC2CCC(C1)N2C. The van der Waals surface area contributed by atoms with Crippen molar-refractivity contribution in [2.75, 3.05) is 20.2 Å². The molecule has 0 aromatic rings. The van der Waals surface area contributed by atoms with Gasteiger partial charge in [-0.3, -0.25) is 0 Å². The van der Waals surface area contributed by atoms with Crippen LogP contribution in [0.15, 0.2) is 0 Å². The molecule has 0 aromatic carbocycles. The molecule has 3 aliphatic heterocycles. The Bertz CT molecular complexity index is 289. The quantitative estimate of drug-likeness (QED) is 0.810. The van der Waals surface area contributed by atoms with Crippen molar-refractivity contribution in [3.63, 3.8) is 0 Å². The first-order valence-corrected chi connectivity index (χ1v) is 8.84. The van der Waals surface area contributed by atoms with Gasteiger partial charge in [0.25, 0.3) is 0 Å². The maximum atomic E-state index is 5.80. The Balaban J connectivity index is 1.53. The summed E-state index contributed by atoms with van der Waals surface area (Å²) < 4.78 is 5.80. The van der Waals surface area contributed by atoms with Gasteiger partial charge >= 0.3 is 0 Å². The van der Waals surface area contributed by atoms with E-state index in [2.05, 4.69) is 24.2 Å². The fourth-order valence-electron chi connectivity index (χ4n) is 4.79. The maximum Gasteiger partial charge on any atom is 0.0576 e. The fraction of sp³-hybridized carbons (Fsp3) is 1.00. The number of ether oxygens (including phenoxy) is 1. The van der Waals surface area contributed by atoms with E-state index in [1.54, 1.807) is 0 Å². The van der Waals surface area contributed by atoms with Crippen molar-refractivity contribution >= 4 is 0 Å². The third kappa shape index (κ3) is 3.20. The minimum absolute atomic E-state index is 0.555. The molecule has 0 aliphatic carbocycles. The third-order valence-electron chi connectivity index (χ3n) is 5.99. The maximum absolute atomic E-state index is 5.80. The van der Waals surface area contributed by atoms with Gasteiger partial charge in [-0.1, -0.05) is 6.92 Å². The lowest BCUT2D eigenvalue weighted by atomic mass is 9.82. The molecular weight excluding hydrogens is 248 g/mol. The Labute approximate surface area is 124 Å².